The van der Waals surface area contributed by atoms with E-state index in [1.807, 2.05) is 41.0 Å². The molecule has 164 valence electrons. The lowest BCUT2D eigenvalue weighted by atomic mass is 10.0. The molecule has 0 spiro atoms. The number of hydrogen-bond donors (Lipinski definition) is 1. The lowest BCUT2D eigenvalue weighted by molar-refractivity contribution is -0.137. The SMILES string of the molecule is CC(C)(O)CCn1c2ccccc2c2cc3cc(c21)N3C(=O)c1ccccc1C(F)(F)F. The molecule has 2 bridgehead atoms. The number of carbonyl (C=O) groups excluding carboxylic acids is 1. The Labute approximate surface area is 181 Å². The van der Waals surface area contributed by atoms with Crippen molar-refractivity contribution in [3.05, 3.63) is 71.8 Å². The summed E-state index contributed by atoms with van der Waals surface area (Å²) in [6.45, 7) is 3.96. The Bertz CT molecular complexity index is 1470. The molecule has 0 aliphatic carbocycles. The first-order chi connectivity index (χ1) is 15.1. The average Bonchev–Trinajstić information content (AvgIpc) is 3.05. The maximum Gasteiger partial charge on any atom is 0.417 e. The molecule has 3 aromatic carbocycles. The van der Waals surface area contributed by atoms with Gasteiger partial charge in [-0.05, 0) is 50.6 Å². The number of halogens is 3. The van der Waals surface area contributed by atoms with Gasteiger partial charge in [0.2, 0.25) is 0 Å². The van der Waals surface area contributed by atoms with Crippen LogP contribution in [0, 0.1) is 0 Å². The average molecular weight is 438 g/mol. The van der Waals surface area contributed by atoms with Crippen LogP contribution in [0.15, 0.2) is 60.7 Å². The summed E-state index contributed by atoms with van der Waals surface area (Å²) in [6.07, 6.45) is -4.14. The van der Waals surface area contributed by atoms with Gasteiger partial charge in [0.1, 0.15) is 0 Å². The number of pyridine rings is 1. The second-order valence-corrected chi connectivity index (χ2v) is 8.78. The highest BCUT2D eigenvalue weighted by molar-refractivity contribution is 6.20. The molecule has 0 amide bonds. The van der Waals surface area contributed by atoms with Gasteiger partial charge in [-0.3, -0.25) is 9.36 Å². The van der Waals surface area contributed by atoms with Crippen LogP contribution in [0.5, 0.6) is 0 Å². The molecule has 6 rings (SSSR count). The summed E-state index contributed by atoms with van der Waals surface area (Å²) in [6, 6.07) is 16.3. The predicted molar refractivity (Wildman–Crippen MR) is 118 cm³/mol. The molecule has 0 fully saturated rings. The summed E-state index contributed by atoms with van der Waals surface area (Å²) in [7, 11) is 0. The van der Waals surface area contributed by atoms with Crippen molar-refractivity contribution in [2.45, 2.75) is 38.6 Å². The van der Waals surface area contributed by atoms with Crippen LogP contribution < -0.4 is 0 Å². The van der Waals surface area contributed by atoms with E-state index in [0.717, 1.165) is 27.9 Å². The topological polar surface area (TPSA) is 47.2 Å². The Balaban J connectivity index is 1.72. The highest BCUT2D eigenvalue weighted by Crippen LogP contribution is 2.39. The number of rotatable bonds is 4. The molecule has 0 atom stereocenters. The number of carbonyl (C=O) groups is 1. The van der Waals surface area contributed by atoms with Crippen molar-refractivity contribution in [1.29, 1.82) is 0 Å². The fourth-order valence-electron chi connectivity index (χ4n) is 4.40. The summed E-state index contributed by atoms with van der Waals surface area (Å²) < 4.78 is 43.9. The molecule has 1 N–H and O–H groups in total. The minimum Gasteiger partial charge on any atom is -0.390 e. The van der Waals surface area contributed by atoms with Crippen molar-refractivity contribution < 1.29 is 23.1 Å². The van der Waals surface area contributed by atoms with Crippen LogP contribution in [0.4, 0.5) is 13.2 Å². The molecule has 4 nitrogen and oxygen atoms in total. The zero-order chi connectivity index (χ0) is 22.8. The molecule has 0 saturated heterocycles. The van der Waals surface area contributed by atoms with Crippen LogP contribution in [-0.2, 0) is 12.7 Å². The third-order valence-electron chi connectivity index (χ3n) is 5.94. The van der Waals surface area contributed by atoms with Crippen LogP contribution in [0.2, 0.25) is 0 Å². The predicted octanol–water partition coefficient (Wildman–Crippen LogP) is 6.06. The van der Waals surface area contributed by atoms with Crippen LogP contribution >= 0.6 is 0 Å². The van der Waals surface area contributed by atoms with E-state index in [1.165, 1.54) is 22.8 Å². The molecule has 3 heterocycles. The minimum atomic E-state index is -4.62. The first-order valence-electron chi connectivity index (χ1n) is 10.3. The second kappa shape index (κ2) is 6.84. The van der Waals surface area contributed by atoms with Crippen LogP contribution in [0.3, 0.4) is 0 Å². The van der Waals surface area contributed by atoms with Gasteiger partial charge in [0, 0.05) is 22.8 Å². The zero-order valence-electron chi connectivity index (χ0n) is 17.6. The van der Waals surface area contributed by atoms with Crippen molar-refractivity contribution in [3.8, 4) is 0 Å². The van der Waals surface area contributed by atoms with Gasteiger partial charge in [-0.15, -0.1) is 0 Å². The third-order valence-corrected chi connectivity index (χ3v) is 5.94. The molecule has 3 aromatic heterocycles. The smallest absolute Gasteiger partial charge is 0.390 e. The van der Waals surface area contributed by atoms with Crippen LogP contribution in [0.1, 0.15) is 36.2 Å². The Kier molecular flexibility index (Phi) is 4.40. The maximum atomic E-state index is 13.5. The number of fused-ring (bicyclic) bond motifs is 1. The first kappa shape index (κ1) is 20.6. The van der Waals surface area contributed by atoms with Gasteiger partial charge in [0.05, 0.1) is 33.3 Å². The Morgan fingerprint density at radius 1 is 0.938 bits per heavy atom. The fourth-order valence-corrected chi connectivity index (χ4v) is 4.40. The quantitative estimate of drug-likeness (QED) is 0.371. The van der Waals surface area contributed by atoms with Crippen molar-refractivity contribution >= 4 is 38.7 Å². The first-order valence-corrected chi connectivity index (χ1v) is 10.3. The maximum absolute atomic E-state index is 13.5. The Morgan fingerprint density at radius 3 is 2.34 bits per heavy atom. The summed E-state index contributed by atoms with van der Waals surface area (Å²) in [5.74, 6) is -0.702. The second-order valence-electron chi connectivity index (χ2n) is 8.78. The normalized spacial score (nSPS) is 13.1. The summed E-state index contributed by atoms with van der Waals surface area (Å²) in [4.78, 5) is 13.3. The lowest BCUT2D eigenvalue weighted by Crippen LogP contribution is -2.23. The van der Waals surface area contributed by atoms with Gasteiger partial charge in [-0.1, -0.05) is 30.3 Å². The highest BCUT2D eigenvalue weighted by atomic mass is 19.4. The Morgan fingerprint density at radius 2 is 1.62 bits per heavy atom. The lowest BCUT2D eigenvalue weighted by Gasteiger charge is -2.22. The highest BCUT2D eigenvalue weighted by Gasteiger charge is 2.36. The van der Waals surface area contributed by atoms with E-state index in [4.69, 9.17) is 0 Å². The van der Waals surface area contributed by atoms with E-state index < -0.39 is 23.2 Å². The molecule has 7 heteroatoms. The number of aromatic nitrogens is 2. The number of para-hydroxylation sites is 1. The molecule has 0 radical (unpaired) electrons. The number of aliphatic hydroxyl groups is 1. The minimum absolute atomic E-state index is 0.376. The van der Waals surface area contributed by atoms with E-state index in [2.05, 4.69) is 0 Å². The van der Waals surface area contributed by atoms with E-state index in [0.29, 0.717) is 24.0 Å². The molecule has 0 unspecified atom stereocenters. The molecule has 0 aliphatic heterocycles. The molecule has 0 aliphatic rings. The van der Waals surface area contributed by atoms with Crippen LogP contribution in [-0.4, -0.2) is 25.7 Å². The van der Waals surface area contributed by atoms with Crippen molar-refractivity contribution in [2.24, 2.45) is 0 Å². The molecule has 0 saturated carbocycles. The van der Waals surface area contributed by atoms with Gasteiger partial charge < -0.3 is 9.67 Å². The van der Waals surface area contributed by atoms with E-state index in [1.54, 1.807) is 13.8 Å². The third kappa shape index (κ3) is 3.15. The van der Waals surface area contributed by atoms with E-state index in [-0.39, 0.29) is 5.56 Å². The summed E-state index contributed by atoms with van der Waals surface area (Å²) >= 11 is 0. The zero-order valence-corrected chi connectivity index (χ0v) is 17.6. The van der Waals surface area contributed by atoms with Gasteiger partial charge in [-0.2, -0.15) is 13.2 Å². The number of benzene rings is 3. The standard InChI is InChI=1S/C25H21F3N2O2/c1-24(2,32)11-12-29-20-10-6-4-7-16(20)18-13-15-14-21(22(18)29)30(15)23(31)17-8-3-5-9-19(17)25(26,27)28/h3-10,13-14,32H,11-12H2,1-2H3. The summed E-state index contributed by atoms with van der Waals surface area (Å²) in [5.41, 5.74) is 0.672. The fraction of sp³-hybridized carbons (Fsp3) is 0.240. The van der Waals surface area contributed by atoms with Gasteiger partial charge in [-0.25, -0.2) is 0 Å². The van der Waals surface area contributed by atoms with Gasteiger partial charge in [0.15, 0.2) is 0 Å². The monoisotopic (exact) mass is 438 g/mol. The molecular weight excluding hydrogens is 417 g/mol. The largest absolute Gasteiger partial charge is 0.417 e. The van der Waals surface area contributed by atoms with Crippen molar-refractivity contribution in [2.75, 3.05) is 0 Å². The van der Waals surface area contributed by atoms with Crippen LogP contribution in [0.25, 0.3) is 32.8 Å². The number of alkyl halides is 3. The number of aryl methyl sites for hydroxylation is 1. The number of nitrogens with zero attached hydrogens (tertiary/aromatic N) is 2. The van der Waals surface area contributed by atoms with Gasteiger partial charge in [0.25, 0.3) is 5.91 Å². The molecule has 32 heavy (non-hydrogen) atoms. The summed E-state index contributed by atoms with van der Waals surface area (Å²) in [5, 5.41) is 12.2. The molecular formula is C25H21F3N2O2. The van der Waals surface area contributed by atoms with Gasteiger partial charge >= 0.3 is 6.18 Å². The van der Waals surface area contributed by atoms with Crippen molar-refractivity contribution in [1.82, 2.24) is 9.13 Å². The Hall–Kier alpha value is -3.32. The number of hydrogen-bond acceptors (Lipinski definition) is 2. The molecule has 6 aromatic rings. The van der Waals surface area contributed by atoms with Crippen molar-refractivity contribution in [3.63, 3.8) is 0 Å². The van der Waals surface area contributed by atoms with E-state index >= 15 is 0 Å². The van der Waals surface area contributed by atoms with E-state index in [9.17, 15) is 23.1 Å².